The van der Waals surface area contributed by atoms with Crippen LogP contribution in [0.25, 0.3) is 0 Å². The number of benzene rings is 2. The first-order chi connectivity index (χ1) is 16.0. The maximum absolute atomic E-state index is 11.7. The zero-order valence-corrected chi connectivity index (χ0v) is 20.7. The Balaban J connectivity index is 1.28. The minimum atomic E-state index is -3.26. The molecular formula is C25H32N4O2S2. The highest BCUT2D eigenvalue weighted by Gasteiger charge is 2.26. The minimum absolute atomic E-state index is 0.0588. The van der Waals surface area contributed by atoms with Crippen molar-refractivity contribution in [2.45, 2.75) is 25.8 Å². The summed E-state index contributed by atoms with van der Waals surface area (Å²) in [6, 6.07) is 21.9. The standard InChI is InChI=1S/C25H32N4O2S2/c1-2-33(30,31)27-25-26-23(20-32-25)14-9-15-28-16-18-29(19-17-28)24(21-10-5-3-6-11-21)22-12-7-4-8-13-22/h3-8,10-13,20,24H,2,9,14-19H2,1H3,(H,26,27). The van der Waals surface area contributed by atoms with Crippen LogP contribution in [-0.4, -0.2) is 61.7 Å². The molecule has 176 valence electrons. The Kier molecular flexibility index (Phi) is 8.14. The molecule has 0 atom stereocenters. The van der Waals surface area contributed by atoms with Gasteiger partial charge >= 0.3 is 0 Å². The Morgan fingerprint density at radius 3 is 2.15 bits per heavy atom. The molecule has 0 unspecified atom stereocenters. The first kappa shape index (κ1) is 23.9. The van der Waals surface area contributed by atoms with E-state index in [1.807, 2.05) is 5.38 Å². The summed E-state index contributed by atoms with van der Waals surface area (Å²) in [5, 5.41) is 2.42. The summed E-state index contributed by atoms with van der Waals surface area (Å²) in [4.78, 5) is 9.55. The van der Waals surface area contributed by atoms with Gasteiger partial charge < -0.3 is 4.90 Å². The molecular weight excluding hydrogens is 452 g/mol. The van der Waals surface area contributed by atoms with Gasteiger partial charge in [0.15, 0.2) is 5.13 Å². The smallest absolute Gasteiger partial charge is 0.234 e. The first-order valence-corrected chi connectivity index (χ1v) is 14.1. The molecule has 4 rings (SSSR count). The molecule has 1 aromatic heterocycles. The molecule has 33 heavy (non-hydrogen) atoms. The van der Waals surface area contributed by atoms with Crippen LogP contribution in [0.15, 0.2) is 66.0 Å². The van der Waals surface area contributed by atoms with Crippen LogP contribution in [0, 0.1) is 0 Å². The number of sulfonamides is 1. The molecule has 1 N–H and O–H groups in total. The Hall–Kier alpha value is -2.26. The van der Waals surface area contributed by atoms with E-state index in [-0.39, 0.29) is 11.8 Å². The van der Waals surface area contributed by atoms with Gasteiger partial charge in [-0.1, -0.05) is 60.7 Å². The van der Waals surface area contributed by atoms with Crippen molar-refractivity contribution in [1.29, 1.82) is 0 Å². The largest absolute Gasteiger partial charge is 0.301 e. The number of thiazole rings is 1. The van der Waals surface area contributed by atoms with Crippen LogP contribution in [0.4, 0.5) is 5.13 Å². The van der Waals surface area contributed by atoms with Gasteiger partial charge in [-0.15, -0.1) is 11.3 Å². The van der Waals surface area contributed by atoms with Gasteiger partial charge in [-0.3, -0.25) is 9.62 Å². The molecule has 0 radical (unpaired) electrons. The lowest BCUT2D eigenvalue weighted by Crippen LogP contribution is -2.48. The molecule has 3 aromatic rings. The van der Waals surface area contributed by atoms with E-state index in [1.54, 1.807) is 6.92 Å². The lowest BCUT2D eigenvalue weighted by molar-refractivity contribution is 0.108. The van der Waals surface area contributed by atoms with Crippen LogP contribution in [-0.2, 0) is 16.4 Å². The second-order valence-corrected chi connectivity index (χ2v) is 11.2. The Labute approximate surface area is 201 Å². The Morgan fingerprint density at radius 2 is 1.58 bits per heavy atom. The maximum Gasteiger partial charge on any atom is 0.234 e. The number of nitrogens with zero attached hydrogens (tertiary/aromatic N) is 3. The number of piperazine rings is 1. The van der Waals surface area contributed by atoms with E-state index in [0.717, 1.165) is 51.3 Å². The highest BCUT2D eigenvalue weighted by Crippen LogP contribution is 2.29. The zero-order valence-electron chi connectivity index (χ0n) is 19.1. The van der Waals surface area contributed by atoms with E-state index in [4.69, 9.17) is 0 Å². The first-order valence-electron chi connectivity index (χ1n) is 11.6. The number of aromatic nitrogens is 1. The van der Waals surface area contributed by atoms with Gasteiger partial charge in [0.25, 0.3) is 0 Å². The van der Waals surface area contributed by atoms with Gasteiger partial charge in [-0.05, 0) is 37.4 Å². The quantitative estimate of drug-likeness (QED) is 0.466. The van der Waals surface area contributed by atoms with Crippen molar-refractivity contribution in [3.8, 4) is 0 Å². The number of nitrogens with one attached hydrogen (secondary N) is 1. The molecule has 2 aromatic carbocycles. The second kappa shape index (κ2) is 11.2. The third-order valence-corrected chi connectivity index (χ3v) is 8.28. The van der Waals surface area contributed by atoms with Crippen LogP contribution < -0.4 is 4.72 Å². The fraction of sp³-hybridized carbons (Fsp3) is 0.400. The van der Waals surface area contributed by atoms with Crippen LogP contribution >= 0.6 is 11.3 Å². The van der Waals surface area contributed by atoms with Gasteiger partial charge in [0.2, 0.25) is 10.0 Å². The fourth-order valence-electron chi connectivity index (χ4n) is 4.29. The van der Waals surface area contributed by atoms with Crippen molar-refractivity contribution in [1.82, 2.24) is 14.8 Å². The number of hydrogen-bond donors (Lipinski definition) is 1. The molecule has 6 nitrogen and oxygen atoms in total. The van der Waals surface area contributed by atoms with Crippen molar-refractivity contribution in [2.75, 3.05) is 43.2 Å². The van der Waals surface area contributed by atoms with Crippen LogP contribution in [0.2, 0.25) is 0 Å². The van der Waals surface area contributed by atoms with Gasteiger partial charge in [0.1, 0.15) is 0 Å². The molecule has 0 amide bonds. The normalized spacial score (nSPS) is 15.7. The number of hydrogen-bond acceptors (Lipinski definition) is 6. The predicted molar refractivity (Wildman–Crippen MR) is 136 cm³/mol. The lowest BCUT2D eigenvalue weighted by Gasteiger charge is -2.39. The molecule has 1 fully saturated rings. The molecule has 0 saturated carbocycles. The SMILES string of the molecule is CCS(=O)(=O)Nc1nc(CCCN2CCN(C(c3ccccc3)c3ccccc3)CC2)cs1. The van der Waals surface area contributed by atoms with Gasteiger partial charge in [-0.25, -0.2) is 13.4 Å². The second-order valence-electron chi connectivity index (χ2n) is 8.35. The third-order valence-electron chi connectivity index (χ3n) is 6.08. The summed E-state index contributed by atoms with van der Waals surface area (Å²) in [5.41, 5.74) is 3.64. The molecule has 1 aliphatic heterocycles. The molecule has 0 bridgehead atoms. The van der Waals surface area contributed by atoms with Crippen LogP contribution in [0.1, 0.15) is 36.2 Å². The van der Waals surface area contributed by atoms with Crippen LogP contribution in [0.3, 0.4) is 0 Å². The van der Waals surface area contributed by atoms with Crippen molar-refractivity contribution in [3.05, 3.63) is 82.9 Å². The monoisotopic (exact) mass is 484 g/mol. The highest BCUT2D eigenvalue weighted by molar-refractivity contribution is 7.92. The summed E-state index contributed by atoms with van der Waals surface area (Å²) in [7, 11) is -3.26. The summed E-state index contributed by atoms with van der Waals surface area (Å²) < 4.78 is 25.9. The average Bonchev–Trinajstić information content (AvgIpc) is 3.28. The Bertz CT molecular complexity index is 1060. The topological polar surface area (TPSA) is 65.5 Å². The van der Waals surface area contributed by atoms with E-state index < -0.39 is 10.0 Å². The van der Waals surface area contributed by atoms with E-state index in [9.17, 15) is 8.42 Å². The number of anilines is 1. The van der Waals surface area contributed by atoms with E-state index in [1.165, 1.54) is 22.5 Å². The number of aryl methyl sites for hydroxylation is 1. The van der Waals surface area contributed by atoms with Crippen molar-refractivity contribution >= 4 is 26.5 Å². The summed E-state index contributed by atoms with van der Waals surface area (Å²) >= 11 is 1.36. The Morgan fingerprint density at radius 1 is 0.970 bits per heavy atom. The minimum Gasteiger partial charge on any atom is -0.301 e. The average molecular weight is 485 g/mol. The zero-order chi connectivity index (χ0) is 23.1. The van der Waals surface area contributed by atoms with Gasteiger partial charge in [0, 0.05) is 31.6 Å². The lowest BCUT2D eigenvalue weighted by atomic mass is 9.96. The van der Waals surface area contributed by atoms with Gasteiger partial charge in [0.05, 0.1) is 17.5 Å². The van der Waals surface area contributed by atoms with E-state index in [0.29, 0.717) is 5.13 Å². The van der Waals surface area contributed by atoms with Crippen molar-refractivity contribution in [3.63, 3.8) is 0 Å². The molecule has 2 heterocycles. The maximum atomic E-state index is 11.7. The fourth-order valence-corrected chi connectivity index (χ4v) is 5.91. The molecule has 1 aliphatic rings. The van der Waals surface area contributed by atoms with Crippen LogP contribution in [0.5, 0.6) is 0 Å². The number of rotatable bonds is 10. The summed E-state index contributed by atoms with van der Waals surface area (Å²) in [5.74, 6) is 0.0588. The molecule has 0 spiro atoms. The highest BCUT2D eigenvalue weighted by atomic mass is 32.2. The summed E-state index contributed by atoms with van der Waals surface area (Å²) in [6.07, 6.45) is 1.88. The predicted octanol–water partition coefficient (Wildman–Crippen LogP) is 4.24. The van der Waals surface area contributed by atoms with Crippen molar-refractivity contribution < 1.29 is 8.42 Å². The molecule has 8 heteroatoms. The van der Waals surface area contributed by atoms with Gasteiger partial charge in [-0.2, -0.15) is 0 Å². The van der Waals surface area contributed by atoms with E-state index >= 15 is 0 Å². The molecule has 1 saturated heterocycles. The van der Waals surface area contributed by atoms with Crippen molar-refractivity contribution in [2.24, 2.45) is 0 Å². The third kappa shape index (κ3) is 6.63. The van der Waals surface area contributed by atoms with E-state index in [2.05, 4.69) is 80.2 Å². The molecule has 0 aliphatic carbocycles. The summed E-state index contributed by atoms with van der Waals surface area (Å²) in [6.45, 7) is 6.83.